The molecule has 1 heterocycles. The lowest BCUT2D eigenvalue weighted by molar-refractivity contribution is -0.122. The maximum Gasteiger partial charge on any atom is 0.243 e. The molecule has 1 aliphatic rings. The molecule has 0 saturated carbocycles. The fourth-order valence-corrected chi connectivity index (χ4v) is 5.31. The Kier molecular flexibility index (Phi) is 7.63. The zero-order valence-corrected chi connectivity index (χ0v) is 18.9. The summed E-state index contributed by atoms with van der Waals surface area (Å²) in [5.41, 5.74) is 0.833. The summed E-state index contributed by atoms with van der Waals surface area (Å²) in [6.07, 6.45) is 1.93. The van der Waals surface area contributed by atoms with Gasteiger partial charge in [-0.3, -0.25) is 4.79 Å². The van der Waals surface area contributed by atoms with Crippen molar-refractivity contribution in [2.24, 2.45) is 0 Å². The predicted octanol–water partition coefficient (Wildman–Crippen LogP) is 3.90. The molecule has 1 N–H and O–H groups in total. The first kappa shape index (κ1) is 22.9. The fraction of sp³-hybridized carbons (Fsp3) is 0.381. The standard InChI is InChI=1S/C21H24Cl2N2O4S/c1-29-17-6-8-18(9-7-17)30(27,28)25-13-11-16(12-14-25)24-20(26)10-5-15-3-2-4-19(22)21(15)23/h2-4,6-9,16H,5,10-14H2,1H3,(H,24,26). The monoisotopic (exact) mass is 470 g/mol. The Labute approximate surface area is 187 Å². The molecule has 30 heavy (non-hydrogen) atoms. The Bertz CT molecular complexity index is 989. The highest BCUT2D eigenvalue weighted by atomic mass is 35.5. The van der Waals surface area contributed by atoms with Gasteiger partial charge in [-0.05, 0) is 55.2 Å². The number of rotatable bonds is 7. The first-order valence-electron chi connectivity index (χ1n) is 9.67. The minimum absolute atomic E-state index is 0.0466. The Hall–Kier alpha value is -1.80. The van der Waals surface area contributed by atoms with E-state index in [-0.39, 0.29) is 16.8 Å². The normalized spacial score (nSPS) is 15.7. The quantitative estimate of drug-likeness (QED) is 0.665. The van der Waals surface area contributed by atoms with Gasteiger partial charge in [-0.25, -0.2) is 8.42 Å². The number of aryl methyl sites for hydroxylation is 1. The van der Waals surface area contributed by atoms with E-state index in [0.29, 0.717) is 54.6 Å². The van der Waals surface area contributed by atoms with Crippen LogP contribution in [-0.4, -0.2) is 44.9 Å². The molecular formula is C21H24Cl2N2O4S. The summed E-state index contributed by atoms with van der Waals surface area (Å²) in [7, 11) is -2.02. The van der Waals surface area contributed by atoms with Crippen molar-refractivity contribution in [3.63, 3.8) is 0 Å². The number of hydrogen-bond donors (Lipinski definition) is 1. The first-order chi connectivity index (χ1) is 14.3. The van der Waals surface area contributed by atoms with Crippen molar-refractivity contribution < 1.29 is 17.9 Å². The highest BCUT2D eigenvalue weighted by Gasteiger charge is 2.30. The SMILES string of the molecule is COc1ccc(S(=O)(=O)N2CCC(NC(=O)CCc3cccc(Cl)c3Cl)CC2)cc1. The van der Waals surface area contributed by atoms with Gasteiger partial charge in [-0.1, -0.05) is 35.3 Å². The zero-order chi connectivity index (χ0) is 21.7. The smallest absolute Gasteiger partial charge is 0.243 e. The molecule has 0 atom stereocenters. The Balaban J connectivity index is 1.50. The number of carbonyl (C=O) groups is 1. The van der Waals surface area contributed by atoms with E-state index in [1.165, 1.54) is 11.4 Å². The molecule has 0 unspecified atom stereocenters. The average molecular weight is 471 g/mol. The minimum Gasteiger partial charge on any atom is -0.497 e. The molecule has 1 fully saturated rings. The lowest BCUT2D eigenvalue weighted by atomic mass is 10.1. The van der Waals surface area contributed by atoms with Crippen LogP contribution in [0.1, 0.15) is 24.8 Å². The lowest BCUT2D eigenvalue weighted by Crippen LogP contribution is -2.46. The second-order valence-electron chi connectivity index (χ2n) is 7.13. The van der Waals surface area contributed by atoms with Crippen LogP contribution in [0.2, 0.25) is 10.0 Å². The molecule has 1 aliphatic heterocycles. The summed E-state index contributed by atoms with van der Waals surface area (Å²) < 4.78 is 32.2. The minimum atomic E-state index is -3.56. The summed E-state index contributed by atoms with van der Waals surface area (Å²) in [6.45, 7) is 0.721. The molecule has 162 valence electrons. The van der Waals surface area contributed by atoms with Gasteiger partial charge in [-0.15, -0.1) is 0 Å². The molecule has 0 spiro atoms. The van der Waals surface area contributed by atoms with E-state index < -0.39 is 10.0 Å². The fourth-order valence-electron chi connectivity index (χ4n) is 3.43. The van der Waals surface area contributed by atoms with Crippen LogP contribution in [0.3, 0.4) is 0 Å². The third-order valence-corrected chi connectivity index (χ3v) is 7.94. The van der Waals surface area contributed by atoms with Crippen molar-refractivity contribution >= 4 is 39.1 Å². The van der Waals surface area contributed by atoms with Gasteiger partial charge in [0.15, 0.2) is 0 Å². The van der Waals surface area contributed by atoms with E-state index in [4.69, 9.17) is 27.9 Å². The Morgan fingerprint density at radius 2 is 1.80 bits per heavy atom. The molecule has 6 nitrogen and oxygen atoms in total. The summed E-state index contributed by atoms with van der Waals surface area (Å²) >= 11 is 12.2. The third-order valence-electron chi connectivity index (χ3n) is 5.17. The Morgan fingerprint density at radius 3 is 2.43 bits per heavy atom. The molecule has 1 amide bonds. The highest BCUT2D eigenvalue weighted by molar-refractivity contribution is 7.89. The number of halogens is 2. The van der Waals surface area contributed by atoms with E-state index in [2.05, 4.69) is 5.32 Å². The number of amides is 1. The largest absolute Gasteiger partial charge is 0.497 e. The molecule has 0 bridgehead atoms. The van der Waals surface area contributed by atoms with Gasteiger partial charge in [-0.2, -0.15) is 4.31 Å². The zero-order valence-electron chi connectivity index (χ0n) is 16.6. The van der Waals surface area contributed by atoms with Crippen molar-refractivity contribution in [2.45, 2.75) is 36.6 Å². The van der Waals surface area contributed by atoms with Crippen LogP contribution in [0, 0.1) is 0 Å². The molecule has 0 aromatic heterocycles. The number of nitrogens with zero attached hydrogens (tertiary/aromatic N) is 1. The maximum atomic E-state index is 12.8. The highest BCUT2D eigenvalue weighted by Crippen LogP contribution is 2.26. The third kappa shape index (κ3) is 5.46. The predicted molar refractivity (Wildman–Crippen MR) is 118 cm³/mol. The summed E-state index contributed by atoms with van der Waals surface area (Å²) in [4.78, 5) is 12.6. The van der Waals surface area contributed by atoms with E-state index in [1.807, 2.05) is 6.07 Å². The van der Waals surface area contributed by atoms with Crippen molar-refractivity contribution in [3.05, 3.63) is 58.1 Å². The van der Waals surface area contributed by atoms with Crippen LogP contribution in [-0.2, 0) is 21.2 Å². The van der Waals surface area contributed by atoms with Gasteiger partial charge in [0.2, 0.25) is 15.9 Å². The van der Waals surface area contributed by atoms with Crippen LogP contribution >= 0.6 is 23.2 Å². The van der Waals surface area contributed by atoms with E-state index in [1.54, 1.807) is 36.4 Å². The molecular weight excluding hydrogens is 447 g/mol. The van der Waals surface area contributed by atoms with E-state index in [0.717, 1.165) is 5.56 Å². The average Bonchev–Trinajstić information content (AvgIpc) is 2.75. The van der Waals surface area contributed by atoms with Crippen LogP contribution in [0.4, 0.5) is 0 Å². The first-order valence-corrected chi connectivity index (χ1v) is 11.9. The van der Waals surface area contributed by atoms with Crippen LogP contribution < -0.4 is 10.1 Å². The van der Waals surface area contributed by atoms with Gasteiger partial charge in [0.1, 0.15) is 5.75 Å². The number of nitrogens with one attached hydrogen (secondary N) is 1. The number of ether oxygens (including phenoxy) is 1. The van der Waals surface area contributed by atoms with Gasteiger partial charge < -0.3 is 10.1 Å². The molecule has 0 radical (unpaired) electrons. The molecule has 2 aromatic rings. The van der Waals surface area contributed by atoms with Gasteiger partial charge >= 0.3 is 0 Å². The molecule has 0 aliphatic carbocycles. The molecule has 3 rings (SSSR count). The number of benzene rings is 2. The number of piperidine rings is 1. The van der Waals surface area contributed by atoms with Crippen molar-refractivity contribution in [2.75, 3.05) is 20.2 Å². The van der Waals surface area contributed by atoms with Crippen LogP contribution in [0.25, 0.3) is 0 Å². The molecule has 1 saturated heterocycles. The number of hydrogen-bond acceptors (Lipinski definition) is 4. The summed E-state index contributed by atoms with van der Waals surface area (Å²) in [5.74, 6) is 0.525. The molecule has 2 aromatic carbocycles. The number of sulfonamides is 1. The topological polar surface area (TPSA) is 75.7 Å². The van der Waals surface area contributed by atoms with Gasteiger partial charge in [0.05, 0.1) is 22.1 Å². The maximum absolute atomic E-state index is 12.8. The molecule has 9 heteroatoms. The van der Waals surface area contributed by atoms with Crippen molar-refractivity contribution in [3.8, 4) is 5.75 Å². The van der Waals surface area contributed by atoms with Crippen molar-refractivity contribution in [1.29, 1.82) is 0 Å². The van der Waals surface area contributed by atoms with Crippen molar-refractivity contribution in [1.82, 2.24) is 9.62 Å². The van der Waals surface area contributed by atoms with Gasteiger partial charge in [0, 0.05) is 25.6 Å². The second-order valence-corrected chi connectivity index (χ2v) is 9.86. The Morgan fingerprint density at radius 1 is 1.13 bits per heavy atom. The summed E-state index contributed by atoms with van der Waals surface area (Å²) in [5, 5.41) is 3.95. The number of carbonyl (C=O) groups excluding carboxylic acids is 1. The van der Waals surface area contributed by atoms with Gasteiger partial charge in [0.25, 0.3) is 0 Å². The van der Waals surface area contributed by atoms with Crippen LogP contribution in [0.5, 0.6) is 5.75 Å². The summed E-state index contributed by atoms with van der Waals surface area (Å²) in [6, 6.07) is 11.7. The second kappa shape index (κ2) is 10.0. The van der Waals surface area contributed by atoms with Crippen LogP contribution in [0.15, 0.2) is 47.4 Å². The lowest BCUT2D eigenvalue weighted by Gasteiger charge is -2.31. The van der Waals surface area contributed by atoms with E-state index in [9.17, 15) is 13.2 Å². The van der Waals surface area contributed by atoms with E-state index >= 15 is 0 Å². The number of methoxy groups -OCH3 is 1.